The van der Waals surface area contributed by atoms with Crippen molar-refractivity contribution in [2.24, 2.45) is 7.05 Å². The van der Waals surface area contributed by atoms with Gasteiger partial charge in [0.05, 0.1) is 30.2 Å². The lowest BCUT2D eigenvalue weighted by atomic mass is 10.1. The van der Waals surface area contributed by atoms with E-state index >= 15 is 0 Å². The van der Waals surface area contributed by atoms with Gasteiger partial charge >= 0.3 is 0 Å². The topological polar surface area (TPSA) is 85.4 Å². The Morgan fingerprint density at radius 3 is 2.86 bits per heavy atom. The van der Waals surface area contributed by atoms with Gasteiger partial charge in [0.15, 0.2) is 6.61 Å². The van der Waals surface area contributed by atoms with Crippen molar-refractivity contribution in [1.82, 2.24) is 24.5 Å². The number of hydrogen-bond acceptors (Lipinski definition) is 5. The lowest BCUT2D eigenvalue weighted by Crippen LogP contribution is -2.40. The Labute approximate surface area is 163 Å². The van der Waals surface area contributed by atoms with Crippen LogP contribution in [0, 0.1) is 6.92 Å². The average molecular weight is 381 g/mol. The van der Waals surface area contributed by atoms with Crippen LogP contribution < -0.4 is 4.74 Å². The summed E-state index contributed by atoms with van der Waals surface area (Å²) >= 11 is 0. The molecule has 0 fully saturated rings. The smallest absolute Gasteiger partial charge is 0.260 e. The van der Waals surface area contributed by atoms with Gasteiger partial charge in [0.1, 0.15) is 11.9 Å². The number of aliphatic hydroxyl groups excluding tert-OH is 1. The Hall–Kier alpha value is -3.13. The number of para-hydroxylation sites is 1. The van der Waals surface area contributed by atoms with E-state index in [-0.39, 0.29) is 12.5 Å². The maximum atomic E-state index is 12.6. The van der Waals surface area contributed by atoms with Gasteiger partial charge in [0.2, 0.25) is 0 Å². The van der Waals surface area contributed by atoms with Crippen LogP contribution in [0.2, 0.25) is 0 Å². The van der Waals surface area contributed by atoms with E-state index in [9.17, 15) is 9.90 Å². The van der Waals surface area contributed by atoms with Gasteiger partial charge in [-0.1, -0.05) is 18.2 Å². The number of benzene rings is 1. The molecule has 28 heavy (non-hydrogen) atoms. The second-order valence-electron chi connectivity index (χ2n) is 6.94. The molecule has 0 radical (unpaired) electrons. The standard InChI is InChI=1S/C20H23N5O3/c1-14-5-3-4-6-18(14)28-13-19(26)24-9-10-25-15(12-24)11-16(22-25)20(27)17-7-8-21-23(17)2/h3-8,11,20,27H,9-10,12-13H2,1-2H3. The molecular formula is C20H23N5O3. The maximum Gasteiger partial charge on any atom is 0.260 e. The highest BCUT2D eigenvalue weighted by Crippen LogP contribution is 2.23. The van der Waals surface area contributed by atoms with Crippen molar-refractivity contribution in [3.8, 4) is 5.75 Å². The largest absolute Gasteiger partial charge is 0.484 e. The minimum atomic E-state index is -0.848. The summed E-state index contributed by atoms with van der Waals surface area (Å²) < 4.78 is 9.16. The Bertz CT molecular complexity index is 993. The van der Waals surface area contributed by atoms with Gasteiger partial charge in [0, 0.05) is 19.8 Å². The first kappa shape index (κ1) is 18.2. The van der Waals surface area contributed by atoms with Crippen LogP contribution in [0.1, 0.15) is 28.7 Å². The second kappa shape index (κ2) is 7.47. The number of hydrogen-bond donors (Lipinski definition) is 1. The summed E-state index contributed by atoms with van der Waals surface area (Å²) in [6.45, 7) is 3.55. The first-order valence-electron chi connectivity index (χ1n) is 9.21. The van der Waals surface area contributed by atoms with Gasteiger partial charge in [-0.25, -0.2) is 0 Å². The molecule has 3 aromatic rings. The monoisotopic (exact) mass is 381 g/mol. The molecule has 1 amide bonds. The van der Waals surface area contributed by atoms with Crippen LogP contribution in [0.4, 0.5) is 0 Å². The minimum absolute atomic E-state index is 0.00346. The highest BCUT2D eigenvalue weighted by Gasteiger charge is 2.25. The first-order chi connectivity index (χ1) is 13.5. The molecule has 0 saturated heterocycles. The Balaban J connectivity index is 1.42. The van der Waals surface area contributed by atoms with E-state index in [1.54, 1.807) is 28.9 Å². The van der Waals surface area contributed by atoms with Crippen molar-refractivity contribution in [3.05, 3.63) is 65.2 Å². The molecule has 1 aliphatic rings. The fraction of sp³-hybridized carbons (Fsp3) is 0.350. The molecule has 8 nitrogen and oxygen atoms in total. The SMILES string of the molecule is Cc1ccccc1OCC(=O)N1CCn2nc(C(O)c3ccnn3C)cc2C1. The first-order valence-corrected chi connectivity index (χ1v) is 9.21. The van der Waals surface area contributed by atoms with Gasteiger partial charge in [-0.05, 0) is 30.7 Å². The van der Waals surface area contributed by atoms with Crippen molar-refractivity contribution in [3.63, 3.8) is 0 Å². The molecule has 1 N–H and O–H groups in total. The van der Waals surface area contributed by atoms with E-state index in [1.165, 1.54) is 0 Å². The van der Waals surface area contributed by atoms with E-state index in [2.05, 4.69) is 10.2 Å². The maximum absolute atomic E-state index is 12.6. The zero-order valence-corrected chi connectivity index (χ0v) is 15.9. The van der Waals surface area contributed by atoms with Crippen LogP contribution in [-0.4, -0.2) is 48.6 Å². The van der Waals surface area contributed by atoms with Crippen molar-refractivity contribution < 1.29 is 14.6 Å². The number of aromatic nitrogens is 4. The molecule has 0 saturated carbocycles. The number of aryl methyl sites for hydroxylation is 2. The third-order valence-corrected chi connectivity index (χ3v) is 5.03. The number of nitrogens with zero attached hydrogens (tertiary/aromatic N) is 5. The van der Waals surface area contributed by atoms with Gasteiger partial charge in [-0.2, -0.15) is 10.2 Å². The Kier molecular flexibility index (Phi) is 4.87. The lowest BCUT2D eigenvalue weighted by Gasteiger charge is -2.27. The predicted molar refractivity (Wildman–Crippen MR) is 102 cm³/mol. The fourth-order valence-corrected chi connectivity index (χ4v) is 3.39. The zero-order valence-electron chi connectivity index (χ0n) is 15.9. The van der Waals surface area contributed by atoms with Crippen molar-refractivity contribution in [1.29, 1.82) is 0 Å². The molecule has 0 spiro atoms. The van der Waals surface area contributed by atoms with Crippen LogP contribution in [0.15, 0.2) is 42.6 Å². The number of carbonyl (C=O) groups excluding carboxylic acids is 1. The van der Waals surface area contributed by atoms with Crippen molar-refractivity contribution >= 4 is 5.91 Å². The second-order valence-corrected chi connectivity index (χ2v) is 6.94. The van der Waals surface area contributed by atoms with Crippen molar-refractivity contribution in [2.75, 3.05) is 13.2 Å². The van der Waals surface area contributed by atoms with Crippen LogP contribution in [-0.2, 0) is 24.9 Å². The van der Waals surface area contributed by atoms with Gasteiger partial charge < -0.3 is 14.7 Å². The van der Waals surface area contributed by atoms with Gasteiger partial charge in [-0.3, -0.25) is 14.2 Å². The molecule has 146 valence electrons. The fourth-order valence-electron chi connectivity index (χ4n) is 3.39. The summed E-state index contributed by atoms with van der Waals surface area (Å²) in [6, 6.07) is 11.3. The third-order valence-electron chi connectivity index (χ3n) is 5.03. The third kappa shape index (κ3) is 3.50. The molecular weight excluding hydrogens is 358 g/mol. The highest BCUT2D eigenvalue weighted by atomic mass is 16.5. The molecule has 0 bridgehead atoms. The average Bonchev–Trinajstić information content (AvgIpc) is 3.32. The van der Waals surface area contributed by atoms with Crippen molar-refractivity contribution in [2.45, 2.75) is 26.1 Å². The molecule has 8 heteroatoms. The summed E-state index contributed by atoms with van der Waals surface area (Å²) in [5.41, 5.74) is 3.13. The number of aliphatic hydroxyl groups is 1. The Morgan fingerprint density at radius 1 is 1.29 bits per heavy atom. The molecule has 1 aromatic carbocycles. The molecule has 1 unspecified atom stereocenters. The van der Waals surface area contributed by atoms with E-state index < -0.39 is 6.10 Å². The normalized spacial score (nSPS) is 14.6. The molecule has 4 rings (SSSR count). The van der Waals surface area contributed by atoms with E-state index in [4.69, 9.17) is 4.74 Å². The van der Waals surface area contributed by atoms with Crippen LogP contribution in [0.5, 0.6) is 5.75 Å². The number of ether oxygens (including phenoxy) is 1. The Morgan fingerprint density at radius 2 is 2.11 bits per heavy atom. The number of rotatable bonds is 5. The zero-order chi connectivity index (χ0) is 19.7. The summed E-state index contributed by atoms with van der Waals surface area (Å²) in [7, 11) is 1.78. The molecule has 0 aliphatic carbocycles. The summed E-state index contributed by atoms with van der Waals surface area (Å²) in [4.78, 5) is 14.3. The van der Waals surface area contributed by atoms with Crippen LogP contribution in [0.3, 0.4) is 0 Å². The summed E-state index contributed by atoms with van der Waals surface area (Å²) in [5.74, 6) is 0.656. The number of amides is 1. The number of fused-ring (bicyclic) bond motifs is 1. The number of carbonyl (C=O) groups is 1. The summed E-state index contributed by atoms with van der Waals surface area (Å²) in [5, 5.41) is 19.2. The molecule has 3 heterocycles. The van der Waals surface area contributed by atoms with Gasteiger partial charge in [0.25, 0.3) is 5.91 Å². The molecule has 1 aliphatic heterocycles. The van der Waals surface area contributed by atoms with E-state index in [0.717, 1.165) is 17.0 Å². The minimum Gasteiger partial charge on any atom is -0.484 e. The quantitative estimate of drug-likeness (QED) is 0.723. The summed E-state index contributed by atoms with van der Waals surface area (Å²) in [6.07, 6.45) is 0.794. The lowest BCUT2D eigenvalue weighted by molar-refractivity contribution is -0.134. The predicted octanol–water partition coefficient (Wildman–Crippen LogP) is 1.43. The van der Waals surface area contributed by atoms with Crippen LogP contribution >= 0.6 is 0 Å². The highest BCUT2D eigenvalue weighted by molar-refractivity contribution is 5.77. The molecule has 1 atom stereocenters. The van der Waals surface area contributed by atoms with E-state index in [0.29, 0.717) is 31.0 Å². The van der Waals surface area contributed by atoms with E-state index in [1.807, 2.05) is 41.9 Å². The van der Waals surface area contributed by atoms with Crippen LogP contribution in [0.25, 0.3) is 0 Å². The van der Waals surface area contributed by atoms with Gasteiger partial charge in [-0.15, -0.1) is 0 Å². The molecule has 2 aromatic heterocycles.